The van der Waals surface area contributed by atoms with Crippen LogP contribution in [-0.2, 0) is 9.59 Å². The van der Waals surface area contributed by atoms with E-state index in [0.717, 1.165) is 25.7 Å². The quantitative estimate of drug-likeness (QED) is 0.631. The first-order valence-electron chi connectivity index (χ1n) is 7.33. The molecule has 2 aliphatic rings. The molecule has 21 heavy (non-hydrogen) atoms. The summed E-state index contributed by atoms with van der Waals surface area (Å²) in [5.41, 5.74) is 6.23. The summed E-state index contributed by atoms with van der Waals surface area (Å²) < 4.78 is 0. The number of rotatable bonds is 1. The summed E-state index contributed by atoms with van der Waals surface area (Å²) in [7, 11) is 0. The van der Waals surface area contributed by atoms with E-state index in [1.807, 2.05) is 18.2 Å². The van der Waals surface area contributed by atoms with Crippen LogP contribution in [0.5, 0.6) is 0 Å². The van der Waals surface area contributed by atoms with E-state index >= 15 is 0 Å². The van der Waals surface area contributed by atoms with Crippen LogP contribution in [0, 0.1) is 17.3 Å². The largest absolute Gasteiger partial charge is 0.320 e. The molecule has 0 aromatic heterocycles. The van der Waals surface area contributed by atoms with E-state index < -0.39 is 5.41 Å². The molecule has 2 fully saturated rings. The Morgan fingerprint density at radius 2 is 1.90 bits per heavy atom. The van der Waals surface area contributed by atoms with E-state index in [2.05, 4.69) is 11.8 Å². The van der Waals surface area contributed by atoms with Gasteiger partial charge in [0.25, 0.3) is 0 Å². The lowest BCUT2D eigenvalue weighted by molar-refractivity contribution is -0.125. The molecule has 1 saturated carbocycles. The third-order valence-electron chi connectivity index (χ3n) is 4.43. The molecule has 0 bridgehead atoms. The van der Waals surface area contributed by atoms with E-state index in [9.17, 15) is 9.59 Å². The molecule has 4 nitrogen and oxygen atoms in total. The Morgan fingerprint density at radius 1 is 1.19 bits per heavy atom. The van der Waals surface area contributed by atoms with Gasteiger partial charge in [0.1, 0.15) is 0 Å². The summed E-state index contributed by atoms with van der Waals surface area (Å²) in [4.78, 5) is 26.5. The van der Waals surface area contributed by atoms with Crippen LogP contribution >= 0.6 is 0 Å². The number of nitrogens with two attached hydrogens (primary N) is 1. The summed E-state index contributed by atoms with van der Waals surface area (Å²) in [6.07, 6.45) is 4.04. The lowest BCUT2D eigenvalue weighted by Crippen LogP contribution is -2.34. The van der Waals surface area contributed by atoms with E-state index in [1.54, 1.807) is 6.07 Å². The summed E-state index contributed by atoms with van der Waals surface area (Å²) >= 11 is 0. The maximum atomic E-state index is 12.8. The molecule has 1 aliphatic heterocycles. The number of para-hydroxylation sites is 1. The molecule has 4 heteroatoms. The SMILES string of the molecule is NCC#Cc1ccccc1N1C(=O)CC2(CCCC2)C1=O. The van der Waals surface area contributed by atoms with Crippen molar-refractivity contribution in [1.29, 1.82) is 0 Å². The second-order valence-electron chi connectivity index (χ2n) is 5.72. The third-order valence-corrected chi connectivity index (χ3v) is 4.43. The maximum Gasteiger partial charge on any atom is 0.240 e. The summed E-state index contributed by atoms with van der Waals surface area (Å²) in [6, 6.07) is 7.27. The van der Waals surface area contributed by atoms with Gasteiger partial charge in [0.15, 0.2) is 0 Å². The van der Waals surface area contributed by atoms with Gasteiger partial charge in [0.2, 0.25) is 11.8 Å². The Hall–Kier alpha value is -2.12. The number of anilines is 1. The molecule has 1 aromatic rings. The van der Waals surface area contributed by atoms with E-state index in [0.29, 0.717) is 17.7 Å². The van der Waals surface area contributed by atoms with Crippen LogP contribution in [0.25, 0.3) is 0 Å². The van der Waals surface area contributed by atoms with Gasteiger partial charge >= 0.3 is 0 Å². The molecule has 0 atom stereocenters. The Labute approximate surface area is 124 Å². The minimum Gasteiger partial charge on any atom is -0.320 e. The fourth-order valence-corrected chi connectivity index (χ4v) is 3.40. The van der Waals surface area contributed by atoms with Crippen LogP contribution in [0.4, 0.5) is 5.69 Å². The standard InChI is InChI=1S/C17H18N2O2/c18-11-5-7-13-6-1-2-8-14(13)19-15(20)12-17(16(19)21)9-3-4-10-17/h1-2,6,8H,3-4,9-12,18H2. The summed E-state index contributed by atoms with van der Waals surface area (Å²) in [5.74, 6) is 5.58. The average Bonchev–Trinajstić information content (AvgIpc) is 3.04. The number of hydrogen-bond donors (Lipinski definition) is 1. The second-order valence-corrected chi connectivity index (χ2v) is 5.72. The molecule has 2 N–H and O–H groups in total. The summed E-state index contributed by atoms with van der Waals surface area (Å²) in [6.45, 7) is 0.250. The van der Waals surface area contributed by atoms with Crippen molar-refractivity contribution in [2.45, 2.75) is 32.1 Å². The van der Waals surface area contributed by atoms with Gasteiger partial charge in [-0.2, -0.15) is 0 Å². The first-order chi connectivity index (χ1) is 10.2. The first kappa shape index (κ1) is 13.8. The molecule has 1 aromatic carbocycles. The molecule has 0 unspecified atom stereocenters. The molecular weight excluding hydrogens is 264 g/mol. The lowest BCUT2D eigenvalue weighted by Gasteiger charge is -2.21. The summed E-state index contributed by atoms with van der Waals surface area (Å²) in [5, 5.41) is 0. The van der Waals surface area contributed by atoms with Crippen molar-refractivity contribution in [3.63, 3.8) is 0 Å². The molecule has 2 amide bonds. The number of hydrogen-bond acceptors (Lipinski definition) is 3. The average molecular weight is 282 g/mol. The van der Waals surface area contributed by atoms with E-state index in [1.165, 1.54) is 4.90 Å². The highest BCUT2D eigenvalue weighted by Crippen LogP contribution is 2.48. The van der Waals surface area contributed by atoms with Crippen molar-refractivity contribution in [3.8, 4) is 11.8 Å². The molecular formula is C17H18N2O2. The monoisotopic (exact) mass is 282 g/mol. The van der Waals surface area contributed by atoms with Crippen molar-refractivity contribution in [2.24, 2.45) is 11.1 Å². The number of carbonyl (C=O) groups excluding carboxylic acids is 2. The zero-order valence-electron chi connectivity index (χ0n) is 11.9. The third kappa shape index (κ3) is 2.24. The number of nitrogens with zero attached hydrogens (tertiary/aromatic N) is 1. The zero-order chi connectivity index (χ0) is 14.9. The van der Waals surface area contributed by atoms with E-state index in [-0.39, 0.29) is 18.4 Å². The highest BCUT2D eigenvalue weighted by Gasteiger charge is 2.53. The Bertz CT molecular complexity index is 648. The van der Waals surface area contributed by atoms with Gasteiger partial charge in [-0.05, 0) is 25.0 Å². The van der Waals surface area contributed by atoms with Gasteiger partial charge < -0.3 is 5.73 Å². The van der Waals surface area contributed by atoms with Crippen LogP contribution in [0.15, 0.2) is 24.3 Å². The fraction of sp³-hybridized carbons (Fsp3) is 0.412. The van der Waals surface area contributed by atoms with Crippen molar-refractivity contribution >= 4 is 17.5 Å². The Kier molecular flexibility index (Phi) is 3.52. The van der Waals surface area contributed by atoms with Gasteiger partial charge in [0.05, 0.1) is 17.6 Å². The normalized spacial score (nSPS) is 20.0. The molecule has 108 valence electrons. The first-order valence-corrected chi connectivity index (χ1v) is 7.33. The van der Waals surface area contributed by atoms with Crippen molar-refractivity contribution in [3.05, 3.63) is 29.8 Å². The number of imide groups is 1. The highest BCUT2D eigenvalue weighted by atomic mass is 16.2. The van der Waals surface area contributed by atoms with Gasteiger partial charge in [-0.25, -0.2) is 4.90 Å². The van der Waals surface area contributed by atoms with Gasteiger partial charge in [-0.15, -0.1) is 0 Å². The van der Waals surface area contributed by atoms with Gasteiger partial charge in [-0.3, -0.25) is 9.59 Å². The lowest BCUT2D eigenvalue weighted by atomic mass is 9.84. The molecule has 0 radical (unpaired) electrons. The number of benzene rings is 1. The maximum absolute atomic E-state index is 12.8. The van der Waals surface area contributed by atoms with Crippen LogP contribution in [0.3, 0.4) is 0 Å². The molecule has 1 spiro atoms. The molecule has 1 saturated heterocycles. The van der Waals surface area contributed by atoms with Crippen LogP contribution in [0.1, 0.15) is 37.7 Å². The topological polar surface area (TPSA) is 63.4 Å². The van der Waals surface area contributed by atoms with Crippen LogP contribution in [0.2, 0.25) is 0 Å². The van der Waals surface area contributed by atoms with Crippen molar-refractivity contribution in [1.82, 2.24) is 0 Å². The van der Waals surface area contributed by atoms with Crippen LogP contribution in [-0.4, -0.2) is 18.4 Å². The number of amides is 2. The van der Waals surface area contributed by atoms with Crippen molar-refractivity contribution in [2.75, 3.05) is 11.4 Å². The van der Waals surface area contributed by atoms with Crippen LogP contribution < -0.4 is 10.6 Å². The fourth-order valence-electron chi connectivity index (χ4n) is 3.40. The van der Waals surface area contributed by atoms with Gasteiger partial charge in [-0.1, -0.05) is 36.8 Å². The van der Waals surface area contributed by atoms with Gasteiger partial charge in [0, 0.05) is 12.0 Å². The minimum absolute atomic E-state index is 0.0491. The highest BCUT2D eigenvalue weighted by molar-refractivity contribution is 6.23. The predicted molar refractivity (Wildman–Crippen MR) is 80.4 cm³/mol. The smallest absolute Gasteiger partial charge is 0.240 e. The van der Waals surface area contributed by atoms with E-state index in [4.69, 9.17) is 5.73 Å². The molecule has 1 aliphatic carbocycles. The predicted octanol–water partition coefficient (Wildman–Crippen LogP) is 1.82. The zero-order valence-corrected chi connectivity index (χ0v) is 11.9. The minimum atomic E-state index is -0.453. The number of carbonyl (C=O) groups is 2. The second kappa shape index (κ2) is 5.34. The Balaban J connectivity index is 2.01. The Morgan fingerprint density at radius 3 is 2.62 bits per heavy atom. The van der Waals surface area contributed by atoms with Crippen molar-refractivity contribution < 1.29 is 9.59 Å². The molecule has 3 rings (SSSR count). The molecule has 1 heterocycles.